The molecule has 2 amide bonds. The lowest BCUT2D eigenvalue weighted by molar-refractivity contribution is -0.133. The van der Waals surface area contributed by atoms with Gasteiger partial charge in [-0.05, 0) is 48.5 Å². The van der Waals surface area contributed by atoms with Gasteiger partial charge >= 0.3 is 0 Å². The molecule has 32 heavy (non-hydrogen) atoms. The Morgan fingerprint density at radius 1 is 0.844 bits per heavy atom. The van der Waals surface area contributed by atoms with Crippen molar-refractivity contribution in [3.05, 3.63) is 90.2 Å². The quantitative estimate of drug-likeness (QED) is 0.642. The van der Waals surface area contributed by atoms with Crippen LogP contribution in [-0.2, 0) is 4.79 Å². The smallest absolute Gasteiger partial charge is 0.260 e. The molecule has 6 nitrogen and oxygen atoms in total. The van der Waals surface area contributed by atoms with Crippen LogP contribution >= 0.6 is 0 Å². The van der Waals surface area contributed by atoms with Crippen molar-refractivity contribution in [2.24, 2.45) is 0 Å². The Balaban J connectivity index is 1.32. The molecule has 1 aliphatic heterocycles. The second-order valence-corrected chi connectivity index (χ2v) is 7.45. The van der Waals surface area contributed by atoms with E-state index in [4.69, 9.17) is 4.74 Å². The Morgan fingerprint density at radius 2 is 1.50 bits per heavy atom. The van der Waals surface area contributed by atoms with Gasteiger partial charge in [-0.15, -0.1) is 0 Å². The molecular formula is C25H24FN3O3. The minimum Gasteiger partial charge on any atom is -0.483 e. The first-order chi connectivity index (χ1) is 15.6. The predicted octanol–water partition coefficient (Wildman–Crippen LogP) is 3.81. The van der Waals surface area contributed by atoms with E-state index in [1.165, 1.54) is 12.1 Å². The molecule has 0 saturated carbocycles. The Morgan fingerprint density at radius 3 is 2.22 bits per heavy atom. The van der Waals surface area contributed by atoms with E-state index in [-0.39, 0.29) is 24.2 Å². The van der Waals surface area contributed by atoms with Crippen LogP contribution in [-0.4, -0.2) is 49.5 Å². The summed E-state index contributed by atoms with van der Waals surface area (Å²) in [5.74, 6) is -0.342. The molecule has 1 aliphatic rings. The molecule has 0 bridgehead atoms. The Kier molecular flexibility index (Phi) is 6.65. The van der Waals surface area contributed by atoms with Gasteiger partial charge in [0.25, 0.3) is 11.8 Å². The molecule has 0 aliphatic carbocycles. The maximum absolute atomic E-state index is 13.1. The third kappa shape index (κ3) is 5.24. The van der Waals surface area contributed by atoms with Gasteiger partial charge in [0.2, 0.25) is 0 Å². The lowest BCUT2D eigenvalue weighted by Gasteiger charge is -2.36. The number of piperazine rings is 1. The van der Waals surface area contributed by atoms with Crippen LogP contribution in [0, 0.1) is 5.82 Å². The molecule has 4 rings (SSSR count). The normalized spacial score (nSPS) is 13.5. The first kappa shape index (κ1) is 21.4. The van der Waals surface area contributed by atoms with Crippen LogP contribution in [0.4, 0.5) is 15.8 Å². The second kappa shape index (κ2) is 9.96. The third-order valence-corrected chi connectivity index (χ3v) is 5.34. The van der Waals surface area contributed by atoms with E-state index < -0.39 is 0 Å². The van der Waals surface area contributed by atoms with E-state index in [1.807, 2.05) is 18.2 Å². The van der Waals surface area contributed by atoms with Crippen LogP contribution in [0.15, 0.2) is 78.9 Å². The summed E-state index contributed by atoms with van der Waals surface area (Å²) < 4.78 is 18.9. The SMILES string of the molecule is O=C(Nc1ccccc1)c1ccccc1OCC(=O)N1CCN(c2ccc(F)cc2)CC1. The number of carbonyl (C=O) groups is 2. The van der Waals surface area contributed by atoms with Gasteiger partial charge in [0, 0.05) is 37.6 Å². The molecular weight excluding hydrogens is 409 g/mol. The number of rotatable bonds is 6. The largest absolute Gasteiger partial charge is 0.483 e. The number of halogens is 1. The average molecular weight is 433 g/mol. The van der Waals surface area contributed by atoms with Gasteiger partial charge in [-0.1, -0.05) is 30.3 Å². The summed E-state index contributed by atoms with van der Waals surface area (Å²) in [7, 11) is 0. The van der Waals surface area contributed by atoms with Gasteiger partial charge in [0.15, 0.2) is 6.61 Å². The van der Waals surface area contributed by atoms with Crippen LogP contribution in [0.5, 0.6) is 5.75 Å². The Labute approximate surface area is 186 Å². The van der Waals surface area contributed by atoms with Crippen molar-refractivity contribution in [2.45, 2.75) is 0 Å². The van der Waals surface area contributed by atoms with Crippen LogP contribution in [0.1, 0.15) is 10.4 Å². The van der Waals surface area contributed by atoms with Crippen molar-refractivity contribution in [2.75, 3.05) is 43.0 Å². The minimum absolute atomic E-state index is 0.137. The molecule has 1 fully saturated rings. The first-order valence-corrected chi connectivity index (χ1v) is 10.5. The van der Waals surface area contributed by atoms with E-state index >= 15 is 0 Å². The van der Waals surface area contributed by atoms with Crippen LogP contribution in [0.25, 0.3) is 0 Å². The summed E-state index contributed by atoms with van der Waals surface area (Å²) in [5.41, 5.74) is 1.99. The fourth-order valence-electron chi connectivity index (χ4n) is 3.60. The van der Waals surface area contributed by atoms with Crippen LogP contribution in [0.2, 0.25) is 0 Å². The fourth-order valence-corrected chi connectivity index (χ4v) is 3.60. The number of nitrogens with zero attached hydrogens (tertiary/aromatic N) is 2. The summed E-state index contributed by atoms with van der Waals surface area (Å²) in [5, 5.41) is 2.83. The van der Waals surface area contributed by atoms with E-state index in [1.54, 1.807) is 53.4 Å². The lowest BCUT2D eigenvalue weighted by Crippen LogP contribution is -2.50. The average Bonchev–Trinajstić information content (AvgIpc) is 2.84. The molecule has 3 aromatic carbocycles. The van der Waals surface area contributed by atoms with Crippen molar-refractivity contribution >= 4 is 23.2 Å². The number of benzene rings is 3. The topological polar surface area (TPSA) is 61.9 Å². The van der Waals surface area contributed by atoms with Gasteiger partial charge in [-0.3, -0.25) is 9.59 Å². The van der Waals surface area contributed by atoms with Crippen molar-refractivity contribution in [3.8, 4) is 5.75 Å². The van der Waals surface area contributed by atoms with E-state index in [0.29, 0.717) is 43.2 Å². The number of amides is 2. The summed E-state index contributed by atoms with van der Waals surface area (Å²) in [4.78, 5) is 29.2. The maximum atomic E-state index is 13.1. The van der Waals surface area contributed by atoms with E-state index in [0.717, 1.165) is 5.69 Å². The highest BCUT2D eigenvalue weighted by Gasteiger charge is 2.22. The van der Waals surface area contributed by atoms with Crippen LogP contribution in [0.3, 0.4) is 0 Å². The Hall–Kier alpha value is -3.87. The molecule has 1 N–H and O–H groups in total. The molecule has 0 unspecified atom stereocenters. The van der Waals surface area contributed by atoms with Crippen molar-refractivity contribution in [1.29, 1.82) is 0 Å². The molecule has 0 spiro atoms. The molecule has 0 atom stereocenters. The summed E-state index contributed by atoms with van der Waals surface area (Å²) in [6.45, 7) is 2.28. The zero-order chi connectivity index (χ0) is 22.3. The standard InChI is InChI=1S/C25H24FN3O3/c26-19-10-12-21(13-11-19)28-14-16-29(17-15-28)24(30)18-32-23-9-5-4-8-22(23)25(31)27-20-6-2-1-3-7-20/h1-13H,14-18H2,(H,27,31). The molecule has 1 saturated heterocycles. The number of hydrogen-bond acceptors (Lipinski definition) is 4. The monoisotopic (exact) mass is 433 g/mol. The number of ether oxygens (including phenoxy) is 1. The predicted molar refractivity (Wildman–Crippen MR) is 122 cm³/mol. The zero-order valence-electron chi connectivity index (χ0n) is 17.5. The fraction of sp³-hybridized carbons (Fsp3) is 0.200. The molecule has 3 aromatic rings. The number of hydrogen-bond donors (Lipinski definition) is 1. The summed E-state index contributed by atoms with van der Waals surface area (Å²) in [6, 6.07) is 22.4. The highest BCUT2D eigenvalue weighted by Crippen LogP contribution is 2.21. The van der Waals surface area contributed by atoms with E-state index in [2.05, 4.69) is 10.2 Å². The lowest BCUT2D eigenvalue weighted by atomic mass is 10.2. The van der Waals surface area contributed by atoms with Gasteiger partial charge in [-0.25, -0.2) is 4.39 Å². The molecule has 7 heteroatoms. The van der Waals surface area contributed by atoms with Crippen molar-refractivity contribution in [3.63, 3.8) is 0 Å². The summed E-state index contributed by atoms with van der Waals surface area (Å²) >= 11 is 0. The molecule has 164 valence electrons. The minimum atomic E-state index is -0.299. The van der Waals surface area contributed by atoms with Gasteiger partial charge in [0.1, 0.15) is 11.6 Å². The Bertz CT molecular complexity index is 1070. The van der Waals surface area contributed by atoms with Gasteiger partial charge in [0.05, 0.1) is 5.56 Å². The highest BCUT2D eigenvalue weighted by atomic mass is 19.1. The first-order valence-electron chi connectivity index (χ1n) is 10.5. The van der Waals surface area contributed by atoms with E-state index in [9.17, 15) is 14.0 Å². The van der Waals surface area contributed by atoms with Crippen LogP contribution < -0.4 is 15.0 Å². The second-order valence-electron chi connectivity index (χ2n) is 7.45. The third-order valence-electron chi connectivity index (χ3n) is 5.34. The van der Waals surface area contributed by atoms with Gasteiger partial charge < -0.3 is 19.9 Å². The van der Waals surface area contributed by atoms with Gasteiger partial charge in [-0.2, -0.15) is 0 Å². The number of anilines is 2. The maximum Gasteiger partial charge on any atom is 0.260 e. The highest BCUT2D eigenvalue weighted by molar-refractivity contribution is 6.06. The van der Waals surface area contributed by atoms with Crippen molar-refractivity contribution in [1.82, 2.24) is 4.90 Å². The molecule has 0 aromatic heterocycles. The number of nitrogens with one attached hydrogen (secondary N) is 1. The molecule has 0 radical (unpaired) electrons. The zero-order valence-corrected chi connectivity index (χ0v) is 17.5. The number of para-hydroxylation sites is 2. The summed E-state index contributed by atoms with van der Waals surface area (Å²) in [6.07, 6.45) is 0. The molecule has 1 heterocycles. The van der Waals surface area contributed by atoms with Crippen molar-refractivity contribution < 1.29 is 18.7 Å². The number of carbonyl (C=O) groups excluding carboxylic acids is 2.